The summed E-state index contributed by atoms with van der Waals surface area (Å²) >= 11 is 0. The Morgan fingerprint density at radius 3 is 2.75 bits per heavy atom. The minimum absolute atomic E-state index is 0.475. The maximum absolute atomic E-state index is 5.73. The van der Waals surface area contributed by atoms with Crippen LogP contribution in [0.2, 0.25) is 0 Å². The van der Waals surface area contributed by atoms with Crippen LogP contribution in [-0.4, -0.2) is 16.9 Å². The Morgan fingerprint density at radius 2 is 2.19 bits per heavy atom. The summed E-state index contributed by atoms with van der Waals surface area (Å²) in [6.45, 7) is 0.475. The molecule has 0 aliphatic rings. The molecule has 0 unspecified atom stereocenters. The quantitative estimate of drug-likeness (QED) is 0.848. The third kappa shape index (κ3) is 1.92. The number of nitrogens with zero attached hydrogens (tertiary/aromatic N) is 2. The van der Waals surface area contributed by atoms with Crippen LogP contribution in [0.3, 0.4) is 0 Å². The summed E-state index contributed by atoms with van der Waals surface area (Å²) in [5.41, 5.74) is 8.76. The number of rotatable bonds is 3. The van der Waals surface area contributed by atoms with Crippen molar-refractivity contribution in [1.82, 2.24) is 9.78 Å². The van der Waals surface area contributed by atoms with E-state index in [1.165, 1.54) is 0 Å². The highest BCUT2D eigenvalue weighted by molar-refractivity contribution is 5.64. The first-order valence-electron chi connectivity index (χ1n) is 5.11. The fourth-order valence-electron chi connectivity index (χ4n) is 1.67. The number of benzene rings is 1. The van der Waals surface area contributed by atoms with E-state index in [0.717, 1.165) is 22.6 Å². The van der Waals surface area contributed by atoms with Crippen LogP contribution in [0.15, 0.2) is 30.5 Å². The normalized spacial score (nSPS) is 10.4. The number of ether oxygens (including phenoxy) is 1. The van der Waals surface area contributed by atoms with Gasteiger partial charge in [0.25, 0.3) is 0 Å². The van der Waals surface area contributed by atoms with Gasteiger partial charge in [-0.1, -0.05) is 0 Å². The van der Waals surface area contributed by atoms with E-state index in [1.807, 2.05) is 37.5 Å². The lowest BCUT2D eigenvalue weighted by Gasteiger charge is -2.07. The zero-order chi connectivity index (χ0) is 11.5. The zero-order valence-electron chi connectivity index (χ0n) is 9.47. The van der Waals surface area contributed by atoms with Crippen LogP contribution in [0, 0.1) is 0 Å². The second kappa shape index (κ2) is 4.37. The van der Waals surface area contributed by atoms with E-state index in [4.69, 9.17) is 10.5 Å². The van der Waals surface area contributed by atoms with Gasteiger partial charge in [0.1, 0.15) is 5.75 Å². The van der Waals surface area contributed by atoms with Crippen LogP contribution in [0.4, 0.5) is 0 Å². The molecule has 2 rings (SSSR count). The molecular formula is C12H15N3O. The van der Waals surface area contributed by atoms with Gasteiger partial charge in [-0.2, -0.15) is 5.10 Å². The summed E-state index contributed by atoms with van der Waals surface area (Å²) in [5, 5.41) is 4.37. The summed E-state index contributed by atoms with van der Waals surface area (Å²) in [5.74, 6) is 0.820. The van der Waals surface area contributed by atoms with E-state index >= 15 is 0 Å². The van der Waals surface area contributed by atoms with E-state index in [2.05, 4.69) is 5.10 Å². The molecule has 0 spiro atoms. The Kier molecular flexibility index (Phi) is 2.92. The Labute approximate surface area is 94.6 Å². The van der Waals surface area contributed by atoms with Gasteiger partial charge in [0, 0.05) is 25.4 Å². The van der Waals surface area contributed by atoms with Gasteiger partial charge < -0.3 is 10.5 Å². The lowest BCUT2D eigenvalue weighted by atomic mass is 10.0. The summed E-state index contributed by atoms with van der Waals surface area (Å²) in [4.78, 5) is 0. The molecule has 0 aliphatic heterocycles. The highest BCUT2D eigenvalue weighted by atomic mass is 16.5. The van der Waals surface area contributed by atoms with Crippen LogP contribution >= 0.6 is 0 Å². The minimum atomic E-state index is 0.475. The SMILES string of the molecule is COc1ccc(-c2ccn(C)n2)c(CN)c1. The fourth-order valence-corrected chi connectivity index (χ4v) is 1.67. The molecule has 1 aromatic carbocycles. The Morgan fingerprint density at radius 1 is 1.38 bits per heavy atom. The number of methoxy groups -OCH3 is 1. The molecule has 1 heterocycles. The fraction of sp³-hybridized carbons (Fsp3) is 0.250. The molecule has 0 aliphatic carbocycles. The van der Waals surface area contributed by atoms with E-state index in [1.54, 1.807) is 11.8 Å². The van der Waals surface area contributed by atoms with Crippen molar-refractivity contribution in [2.45, 2.75) is 6.54 Å². The molecule has 0 saturated carbocycles. The first kappa shape index (κ1) is 10.7. The topological polar surface area (TPSA) is 53.1 Å². The number of nitrogens with two attached hydrogens (primary N) is 1. The molecule has 2 N–H and O–H groups in total. The van der Waals surface area contributed by atoms with Crippen LogP contribution in [0.5, 0.6) is 5.75 Å². The summed E-state index contributed by atoms with van der Waals surface area (Å²) in [7, 11) is 3.55. The van der Waals surface area contributed by atoms with Crippen molar-refractivity contribution in [3.63, 3.8) is 0 Å². The molecule has 0 fully saturated rings. The second-order valence-electron chi connectivity index (χ2n) is 3.60. The van der Waals surface area contributed by atoms with Crippen LogP contribution in [0.1, 0.15) is 5.56 Å². The molecule has 1 aromatic heterocycles. The van der Waals surface area contributed by atoms with Crippen LogP contribution in [0.25, 0.3) is 11.3 Å². The monoisotopic (exact) mass is 217 g/mol. The van der Waals surface area contributed by atoms with Crippen molar-refractivity contribution in [2.75, 3.05) is 7.11 Å². The van der Waals surface area contributed by atoms with Gasteiger partial charge in [0.15, 0.2) is 0 Å². The predicted octanol–water partition coefficient (Wildman–Crippen LogP) is 1.55. The van der Waals surface area contributed by atoms with E-state index < -0.39 is 0 Å². The Balaban J connectivity index is 2.48. The third-order valence-electron chi connectivity index (χ3n) is 2.52. The summed E-state index contributed by atoms with van der Waals surface area (Å²) in [6.07, 6.45) is 1.92. The van der Waals surface area contributed by atoms with E-state index in [9.17, 15) is 0 Å². The van der Waals surface area contributed by atoms with Gasteiger partial charge in [-0.3, -0.25) is 4.68 Å². The van der Waals surface area contributed by atoms with Crippen LogP contribution < -0.4 is 10.5 Å². The molecule has 0 bridgehead atoms. The van der Waals surface area contributed by atoms with Crippen molar-refractivity contribution in [3.05, 3.63) is 36.0 Å². The molecule has 16 heavy (non-hydrogen) atoms. The number of aryl methyl sites for hydroxylation is 1. The first-order valence-corrected chi connectivity index (χ1v) is 5.11. The average Bonchev–Trinajstić information content (AvgIpc) is 2.74. The molecule has 4 heteroatoms. The molecule has 2 aromatic rings. The largest absolute Gasteiger partial charge is 0.497 e. The zero-order valence-corrected chi connectivity index (χ0v) is 9.47. The minimum Gasteiger partial charge on any atom is -0.497 e. The van der Waals surface area contributed by atoms with Crippen molar-refractivity contribution < 1.29 is 4.74 Å². The average molecular weight is 217 g/mol. The molecule has 0 radical (unpaired) electrons. The van der Waals surface area contributed by atoms with Gasteiger partial charge in [-0.05, 0) is 29.8 Å². The summed E-state index contributed by atoms with van der Waals surface area (Å²) < 4.78 is 6.95. The Hall–Kier alpha value is -1.81. The first-order chi connectivity index (χ1) is 7.74. The molecule has 4 nitrogen and oxygen atoms in total. The number of hydrogen-bond donors (Lipinski definition) is 1. The molecule has 0 saturated heterocycles. The van der Waals surface area contributed by atoms with E-state index in [-0.39, 0.29) is 0 Å². The van der Waals surface area contributed by atoms with Gasteiger partial charge in [-0.15, -0.1) is 0 Å². The molecular weight excluding hydrogens is 202 g/mol. The Bertz CT molecular complexity index is 491. The number of aromatic nitrogens is 2. The maximum Gasteiger partial charge on any atom is 0.119 e. The summed E-state index contributed by atoms with van der Waals surface area (Å²) in [6, 6.07) is 7.83. The lowest BCUT2D eigenvalue weighted by Crippen LogP contribution is -2.00. The van der Waals surface area contributed by atoms with Crippen LogP contribution in [-0.2, 0) is 13.6 Å². The van der Waals surface area contributed by atoms with Gasteiger partial charge >= 0.3 is 0 Å². The second-order valence-corrected chi connectivity index (χ2v) is 3.60. The standard InChI is InChI=1S/C12H15N3O/c1-15-6-5-12(14-15)11-4-3-10(16-2)7-9(11)8-13/h3-7H,8,13H2,1-2H3. The molecule has 0 atom stereocenters. The van der Waals surface area contributed by atoms with Crippen molar-refractivity contribution in [3.8, 4) is 17.0 Å². The van der Waals surface area contributed by atoms with Crippen molar-refractivity contribution in [2.24, 2.45) is 12.8 Å². The maximum atomic E-state index is 5.73. The highest BCUT2D eigenvalue weighted by Gasteiger charge is 2.07. The predicted molar refractivity (Wildman–Crippen MR) is 63.1 cm³/mol. The molecule has 84 valence electrons. The van der Waals surface area contributed by atoms with Crippen molar-refractivity contribution in [1.29, 1.82) is 0 Å². The third-order valence-corrected chi connectivity index (χ3v) is 2.52. The lowest BCUT2D eigenvalue weighted by molar-refractivity contribution is 0.414. The van der Waals surface area contributed by atoms with E-state index in [0.29, 0.717) is 6.54 Å². The van der Waals surface area contributed by atoms with Gasteiger partial charge in [0.2, 0.25) is 0 Å². The van der Waals surface area contributed by atoms with Gasteiger partial charge in [-0.25, -0.2) is 0 Å². The van der Waals surface area contributed by atoms with Crippen molar-refractivity contribution >= 4 is 0 Å². The van der Waals surface area contributed by atoms with Gasteiger partial charge in [0.05, 0.1) is 12.8 Å². The number of hydrogen-bond acceptors (Lipinski definition) is 3. The molecule has 0 amide bonds. The highest BCUT2D eigenvalue weighted by Crippen LogP contribution is 2.25. The smallest absolute Gasteiger partial charge is 0.119 e.